The predicted octanol–water partition coefficient (Wildman–Crippen LogP) is 3.40. The van der Waals surface area contributed by atoms with Crippen molar-refractivity contribution in [3.63, 3.8) is 0 Å². The van der Waals surface area contributed by atoms with E-state index < -0.39 is 0 Å². The van der Waals surface area contributed by atoms with Gasteiger partial charge in [0, 0.05) is 50.7 Å². The second-order valence-corrected chi connectivity index (χ2v) is 9.80. The van der Waals surface area contributed by atoms with E-state index in [1.54, 1.807) is 12.4 Å². The number of carbonyl (C=O) groups excluding carboxylic acids is 1. The van der Waals surface area contributed by atoms with E-state index in [-0.39, 0.29) is 18.0 Å². The van der Waals surface area contributed by atoms with Crippen LogP contribution in [0.5, 0.6) is 0 Å². The molecule has 2 aliphatic rings. The first kappa shape index (κ1) is 23.6. The number of rotatable bonds is 6. The number of hydrogen-bond acceptors (Lipinski definition) is 4. The highest BCUT2D eigenvalue weighted by Crippen LogP contribution is 2.37. The zero-order valence-electron chi connectivity index (χ0n) is 19.6. The molecule has 0 bridgehead atoms. The molecule has 1 aliphatic heterocycles. The number of hydrogen-bond donors (Lipinski definition) is 2. The van der Waals surface area contributed by atoms with Crippen molar-refractivity contribution in [2.24, 2.45) is 0 Å². The van der Waals surface area contributed by atoms with Crippen LogP contribution in [0.15, 0.2) is 48.8 Å². The van der Waals surface area contributed by atoms with Crippen LogP contribution in [0.25, 0.3) is 0 Å². The highest BCUT2D eigenvalue weighted by molar-refractivity contribution is 7.80. The fraction of sp³-hybridized carbons (Fsp3) is 0.500. The van der Waals surface area contributed by atoms with Crippen molar-refractivity contribution in [1.29, 1.82) is 0 Å². The molecule has 1 aliphatic carbocycles. The Morgan fingerprint density at radius 1 is 1.06 bits per heavy atom. The SMILES string of the molecule is Cc1ccc(CN2CCN(C(=S)NCC(=O)NCc3cccnc3)CC23CCCCC3)cc1. The average Bonchev–Trinajstić information content (AvgIpc) is 2.85. The Labute approximate surface area is 202 Å². The summed E-state index contributed by atoms with van der Waals surface area (Å²) in [6.45, 7) is 6.60. The maximum atomic E-state index is 12.3. The predicted molar refractivity (Wildman–Crippen MR) is 136 cm³/mol. The number of nitrogens with zero attached hydrogens (tertiary/aromatic N) is 3. The van der Waals surface area contributed by atoms with Crippen LogP contribution in [0.3, 0.4) is 0 Å². The van der Waals surface area contributed by atoms with Crippen molar-refractivity contribution >= 4 is 23.2 Å². The fourth-order valence-corrected chi connectivity index (χ4v) is 5.29. The molecular weight excluding hydrogens is 430 g/mol. The van der Waals surface area contributed by atoms with E-state index in [9.17, 15) is 4.79 Å². The van der Waals surface area contributed by atoms with E-state index in [0.717, 1.165) is 31.7 Å². The van der Waals surface area contributed by atoms with Crippen molar-refractivity contribution in [2.75, 3.05) is 26.2 Å². The maximum absolute atomic E-state index is 12.3. The molecule has 1 saturated carbocycles. The van der Waals surface area contributed by atoms with Gasteiger partial charge in [-0.1, -0.05) is 55.2 Å². The van der Waals surface area contributed by atoms with Crippen molar-refractivity contribution in [3.8, 4) is 0 Å². The van der Waals surface area contributed by atoms with Gasteiger partial charge in [-0.2, -0.15) is 0 Å². The fourth-order valence-electron chi connectivity index (χ4n) is 5.06. The van der Waals surface area contributed by atoms with Gasteiger partial charge in [0.1, 0.15) is 0 Å². The van der Waals surface area contributed by atoms with E-state index in [1.807, 2.05) is 12.1 Å². The lowest BCUT2D eigenvalue weighted by atomic mass is 9.78. The third-order valence-electron chi connectivity index (χ3n) is 6.97. The molecule has 6 nitrogen and oxygen atoms in total. The lowest BCUT2D eigenvalue weighted by molar-refractivity contribution is -0.120. The van der Waals surface area contributed by atoms with Gasteiger partial charge in [0.2, 0.25) is 5.91 Å². The normalized spacial score (nSPS) is 18.2. The zero-order valence-corrected chi connectivity index (χ0v) is 20.4. The molecule has 1 aromatic carbocycles. The van der Waals surface area contributed by atoms with Crippen LogP contribution in [-0.4, -0.2) is 57.5 Å². The van der Waals surface area contributed by atoms with E-state index in [1.165, 1.54) is 43.2 Å². The lowest BCUT2D eigenvalue weighted by Crippen LogP contribution is -2.64. The average molecular weight is 466 g/mol. The molecule has 2 aromatic rings. The van der Waals surface area contributed by atoms with Gasteiger partial charge in [-0.3, -0.25) is 14.7 Å². The van der Waals surface area contributed by atoms with Crippen LogP contribution in [0.2, 0.25) is 0 Å². The Kier molecular flexibility index (Phi) is 7.93. The van der Waals surface area contributed by atoms with Gasteiger partial charge in [-0.05, 0) is 49.2 Å². The Morgan fingerprint density at radius 2 is 1.85 bits per heavy atom. The number of benzene rings is 1. The summed E-state index contributed by atoms with van der Waals surface area (Å²) in [5.74, 6) is -0.0633. The van der Waals surface area contributed by atoms with Crippen LogP contribution < -0.4 is 10.6 Å². The third kappa shape index (κ3) is 6.30. The van der Waals surface area contributed by atoms with Crippen LogP contribution in [0, 0.1) is 6.92 Å². The molecule has 4 rings (SSSR count). The minimum atomic E-state index is -0.0633. The number of piperazine rings is 1. The van der Waals surface area contributed by atoms with Gasteiger partial charge in [0.15, 0.2) is 5.11 Å². The van der Waals surface area contributed by atoms with E-state index in [0.29, 0.717) is 11.7 Å². The number of aryl methyl sites for hydroxylation is 1. The van der Waals surface area contributed by atoms with Gasteiger partial charge in [-0.25, -0.2) is 0 Å². The van der Waals surface area contributed by atoms with Gasteiger partial charge >= 0.3 is 0 Å². The number of thiocarbonyl (C=S) groups is 1. The van der Waals surface area contributed by atoms with Gasteiger partial charge in [0.05, 0.1) is 6.54 Å². The largest absolute Gasteiger partial charge is 0.353 e. The molecule has 2 N–H and O–H groups in total. The second kappa shape index (κ2) is 11.1. The van der Waals surface area contributed by atoms with Crippen LogP contribution >= 0.6 is 12.2 Å². The Hall–Kier alpha value is -2.51. The topological polar surface area (TPSA) is 60.5 Å². The van der Waals surface area contributed by atoms with Crippen LogP contribution in [-0.2, 0) is 17.9 Å². The monoisotopic (exact) mass is 465 g/mol. The number of amides is 1. The summed E-state index contributed by atoms with van der Waals surface area (Å²) in [6.07, 6.45) is 9.78. The minimum Gasteiger partial charge on any atom is -0.353 e. The maximum Gasteiger partial charge on any atom is 0.239 e. The Morgan fingerprint density at radius 3 is 2.58 bits per heavy atom. The van der Waals surface area contributed by atoms with E-state index in [2.05, 4.69) is 56.6 Å². The van der Waals surface area contributed by atoms with Crippen LogP contribution in [0.1, 0.15) is 48.8 Å². The van der Waals surface area contributed by atoms with Gasteiger partial charge in [0.25, 0.3) is 0 Å². The molecule has 0 unspecified atom stereocenters. The molecule has 0 atom stereocenters. The van der Waals surface area contributed by atoms with E-state index in [4.69, 9.17) is 12.2 Å². The highest BCUT2D eigenvalue weighted by Gasteiger charge is 2.42. The number of aromatic nitrogens is 1. The molecule has 2 heterocycles. The number of carbonyl (C=O) groups is 1. The molecule has 7 heteroatoms. The first-order chi connectivity index (χ1) is 16.0. The molecule has 176 valence electrons. The first-order valence-corrected chi connectivity index (χ1v) is 12.4. The summed E-state index contributed by atoms with van der Waals surface area (Å²) in [7, 11) is 0. The van der Waals surface area contributed by atoms with Crippen molar-refractivity contribution in [1.82, 2.24) is 25.4 Å². The zero-order chi connectivity index (χ0) is 23.1. The van der Waals surface area contributed by atoms with Crippen molar-refractivity contribution in [2.45, 2.75) is 57.7 Å². The van der Waals surface area contributed by atoms with Crippen molar-refractivity contribution in [3.05, 3.63) is 65.5 Å². The smallest absolute Gasteiger partial charge is 0.239 e. The minimum absolute atomic E-state index is 0.0633. The standard InChI is InChI=1S/C26H35N5OS/c1-21-7-9-22(10-8-21)19-31-15-14-30(20-26(31)11-3-2-4-12-26)25(33)29-18-24(32)28-17-23-6-5-13-27-16-23/h5-10,13,16H,2-4,11-12,14-15,17-20H2,1H3,(H,28,32)(H,29,33). The second-order valence-electron chi connectivity index (χ2n) is 9.41. The Bertz CT molecular complexity index is 927. The molecule has 1 aromatic heterocycles. The molecular formula is C26H35N5OS. The van der Waals surface area contributed by atoms with E-state index >= 15 is 0 Å². The molecule has 1 amide bonds. The molecule has 0 radical (unpaired) electrons. The lowest BCUT2D eigenvalue weighted by Gasteiger charge is -2.53. The summed E-state index contributed by atoms with van der Waals surface area (Å²) in [5.41, 5.74) is 3.83. The molecule has 2 fully saturated rings. The van der Waals surface area contributed by atoms with Gasteiger partial charge < -0.3 is 15.5 Å². The number of pyridine rings is 1. The molecule has 33 heavy (non-hydrogen) atoms. The number of nitrogens with one attached hydrogen (secondary N) is 2. The summed E-state index contributed by atoms with van der Waals surface area (Å²) in [4.78, 5) is 21.3. The summed E-state index contributed by atoms with van der Waals surface area (Å²) < 4.78 is 0. The third-order valence-corrected chi connectivity index (χ3v) is 7.38. The summed E-state index contributed by atoms with van der Waals surface area (Å²) in [6, 6.07) is 12.7. The highest BCUT2D eigenvalue weighted by atomic mass is 32.1. The van der Waals surface area contributed by atoms with Crippen LogP contribution in [0.4, 0.5) is 0 Å². The quantitative estimate of drug-likeness (QED) is 0.638. The molecule has 1 spiro atoms. The Balaban J connectivity index is 1.31. The summed E-state index contributed by atoms with van der Waals surface area (Å²) >= 11 is 5.71. The van der Waals surface area contributed by atoms with Crippen molar-refractivity contribution < 1.29 is 4.79 Å². The first-order valence-electron chi connectivity index (χ1n) is 12.0. The summed E-state index contributed by atoms with van der Waals surface area (Å²) in [5, 5.41) is 6.80. The van der Waals surface area contributed by atoms with Gasteiger partial charge in [-0.15, -0.1) is 0 Å². The molecule has 1 saturated heterocycles.